The maximum absolute atomic E-state index is 12.9. The van der Waals surface area contributed by atoms with Crippen molar-refractivity contribution in [1.29, 1.82) is 0 Å². The van der Waals surface area contributed by atoms with Crippen molar-refractivity contribution < 1.29 is 14.7 Å². The Balaban J connectivity index is 1.77. The van der Waals surface area contributed by atoms with E-state index < -0.39 is 5.97 Å². The number of aromatic amines is 1. The molecule has 1 atom stereocenters. The molecule has 23 heavy (non-hydrogen) atoms. The van der Waals surface area contributed by atoms with Gasteiger partial charge in [0.25, 0.3) is 5.91 Å². The molecule has 1 fully saturated rings. The first-order valence-corrected chi connectivity index (χ1v) is 8.62. The Morgan fingerprint density at radius 1 is 1.39 bits per heavy atom. The molecule has 1 amide bonds. The molecule has 2 N–H and O–H groups in total. The standard InChI is InChI=1S/C17H19BrN2O3/c18-13-4-1-5-14-16(13)12(9-19-14)17(23)20-8-2-3-11(10-20)6-7-15(21)22/h1,4-5,9,11,19H,2-3,6-8,10H2,(H,21,22)/t11-/m1/s1. The predicted octanol–water partition coefficient (Wildman–Crippen LogP) is 3.65. The van der Waals surface area contributed by atoms with E-state index in [0.717, 1.165) is 34.8 Å². The number of hydrogen-bond donors (Lipinski definition) is 2. The van der Waals surface area contributed by atoms with Crippen LogP contribution in [0.5, 0.6) is 0 Å². The fourth-order valence-corrected chi connectivity index (χ4v) is 3.87. The number of nitrogens with zero attached hydrogens (tertiary/aromatic N) is 1. The van der Waals surface area contributed by atoms with Gasteiger partial charge in [-0.15, -0.1) is 0 Å². The molecule has 5 nitrogen and oxygen atoms in total. The number of carboxylic acid groups (broad SMARTS) is 1. The van der Waals surface area contributed by atoms with Gasteiger partial charge < -0.3 is 15.0 Å². The van der Waals surface area contributed by atoms with Crippen molar-refractivity contribution in [3.63, 3.8) is 0 Å². The van der Waals surface area contributed by atoms with Gasteiger partial charge in [0, 0.05) is 41.1 Å². The number of carbonyl (C=O) groups excluding carboxylic acids is 1. The SMILES string of the molecule is O=C(O)CC[C@H]1CCCN(C(=O)c2c[nH]c3cccc(Br)c23)C1. The third-order valence-electron chi connectivity index (χ3n) is 4.46. The van der Waals surface area contributed by atoms with Gasteiger partial charge in [-0.2, -0.15) is 0 Å². The molecule has 2 heterocycles. The number of carbonyl (C=O) groups is 2. The van der Waals surface area contributed by atoms with Crippen LogP contribution in [0.3, 0.4) is 0 Å². The summed E-state index contributed by atoms with van der Waals surface area (Å²) in [5.41, 5.74) is 1.61. The van der Waals surface area contributed by atoms with E-state index in [9.17, 15) is 9.59 Å². The molecule has 0 aliphatic carbocycles. The number of hydrogen-bond acceptors (Lipinski definition) is 2. The van der Waals surface area contributed by atoms with Crippen molar-refractivity contribution >= 4 is 38.7 Å². The first-order chi connectivity index (χ1) is 11.1. The minimum atomic E-state index is -0.769. The highest BCUT2D eigenvalue weighted by atomic mass is 79.9. The van der Waals surface area contributed by atoms with Crippen LogP contribution in [0.2, 0.25) is 0 Å². The molecule has 0 radical (unpaired) electrons. The second-order valence-electron chi connectivity index (χ2n) is 6.06. The minimum absolute atomic E-state index is 0.0168. The normalized spacial score (nSPS) is 18.3. The molecule has 0 unspecified atom stereocenters. The summed E-state index contributed by atoms with van der Waals surface area (Å²) in [4.78, 5) is 28.6. The van der Waals surface area contributed by atoms with Crippen LogP contribution in [0.15, 0.2) is 28.9 Å². The van der Waals surface area contributed by atoms with Crippen LogP contribution in [0, 0.1) is 5.92 Å². The van der Waals surface area contributed by atoms with Crippen molar-refractivity contribution in [3.8, 4) is 0 Å². The van der Waals surface area contributed by atoms with Crippen LogP contribution < -0.4 is 0 Å². The predicted molar refractivity (Wildman–Crippen MR) is 91.5 cm³/mol. The zero-order valence-corrected chi connectivity index (χ0v) is 14.3. The van der Waals surface area contributed by atoms with Crippen molar-refractivity contribution in [1.82, 2.24) is 9.88 Å². The molecule has 1 aromatic carbocycles. The number of halogens is 1. The van der Waals surface area contributed by atoms with E-state index in [4.69, 9.17) is 5.11 Å². The van der Waals surface area contributed by atoms with Crippen LogP contribution >= 0.6 is 15.9 Å². The van der Waals surface area contributed by atoms with Gasteiger partial charge in [0.1, 0.15) is 0 Å². The van der Waals surface area contributed by atoms with Gasteiger partial charge in [0.2, 0.25) is 0 Å². The first kappa shape index (κ1) is 16.1. The fraction of sp³-hybridized carbons (Fsp3) is 0.412. The highest BCUT2D eigenvalue weighted by Crippen LogP contribution is 2.29. The number of rotatable bonds is 4. The summed E-state index contributed by atoms with van der Waals surface area (Å²) in [5, 5.41) is 9.74. The van der Waals surface area contributed by atoms with Crippen LogP contribution in [-0.2, 0) is 4.79 Å². The van der Waals surface area contributed by atoms with Gasteiger partial charge in [-0.25, -0.2) is 0 Å². The molecule has 122 valence electrons. The molecule has 0 bridgehead atoms. The molecule has 0 saturated carbocycles. The van der Waals surface area contributed by atoms with Crippen molar-refractivity contribution in [2.24, 2.45) is 5.92 Å². The van der Waals surface area contributed by atoms with E-state index in [1.165, 1.54) is 0 Å². The number of benzene rings is 1. The summed E-state index contributed by atoms with van der Waals surface area (Å²) in [5.74, 6) is -0.477. The van der Waals surface area contributed by atoms with Crippen molar-refractivity contribution in [3.05, 3.63) is 34.4 Å². The Bertz CT molecular complexity index is 741. The lowest BCUT2D eigenvalue weighted by Gasteiger charge is -2.32. The van der Waals surface area contributed by atoms with E-state index >= 15 is 0 Å². The first-order valence-electron chi connectivity index (χ1n) is 7.83. The number of likely N-dealkylation sites (tertiary alicyclic amines) is 1. The number of aliphatic carboxylic acids is 1. The number of aromatic nitrogens is 1. The number of carboxylic acids is 1. The number of H-pyrrole nitrogens is 1. The van der Waals surface area contributed by atoms with Crippen LogP contribution in [0.1, 0.15) is 36.0 Å². The Labute approximate surface area is 142 Å². The third-order valence-corrected chi connectivity index (χ3v) is 5.12. The molecule has 1 aliphatic heterocycles. The van der Waals surface area contributed by atoms with Gasteiger partial charge in [-0.05, 0) is 37.3 Å². The van der Waals surface area contributed by atoms with Crippen LogP contribution in [0.25, 0.3) is 10.9 Å². The largest absolute Gasteiger partial charge is 0.481 e. The van der Waals surface area contributed by atoms with E-state index in [2.05, 4.69) is 20.9 Å². The summed E-state index contributed by atoms with van der Waals surface area (Å²) in [6, 6.07) is 5.81. The lowest BCUT2D eigenvalue weighted by Crippen LogP contribution is -2.40. The fourth-order valence-electron chi connectivity index (χ4n) is 3.29. The quantitative estimate of drug-likeness (QED) is 0.852. The van der Waals surface area contributed by atoms with Crippen LogP contribution in [-0.4, -0.2) is 40.0 Å². The summed E-state index contributed by atoms with van der Waals surface area (Å²) in [7, 11) is 0. The zero-order valence-electron chi connectivity index (χ0n) is 12.7. The summed E-state index contributed by atoms with van der Waals surface area (Å²) < 4.78 is 0.902. The van der Waals surface area contributed by atoms with Crippen LogP contribution in [0.4, 0.5) is 0 Å². The second kappa shape index (κ2) is 6.74. The number of fused-ring (bicyclic) bond motifs is 1. The highest BCUT2D eigenvalue weighted by Gasteiger charge is 2.26. The smallest absolute Gasteiger partial charge is 0.303 e. The molecule has 0 spiro atoms. The van der Waals surface area contributed by atoms with Gasteiger partial charge >= 0.3 is 5.97 Å². The number of piperidine rings is 1. The van der Waals surface area contributed by atoms with E-state index in [1.54, 1.807) is 6.20 Å². The molecular weight excluding hydrogens is 360 g/mol. The maximum atomic E-state index is 12.9. The van der Waals surface area contributed by atoms with E-state index in [0.29, 0.717) is 18.5 Å². The summed E-state index contributed by atoms with van der Waals surface area (Å²) in [6.45, 7) is 1.38. The summed E-state index contributed by atoms with van der Waals surface area (Å²) in [6.07, 6.45) is 4.49. The van der Waals surface area contributed by atoms with Gasteiger partial charge in [0.15, 0.2) is 0 Å². The highest BCUT2D eigenvalue weighted by molar-refractivity contribution is 9.10. The monoisotopic (exact) mass is 378 g/mol. The second-order valence-corrected chi connectivity index (χ2v) is 6.91. The lowest BCUT2D eigenvalue weighted by atomic mass is 9.93. The molecule has 1 aromatic heterocycles. The number of nitrogens with one attached hydrogen (secondary N) is 1. The van der Waals surface area contributed by atoms with Gasteiger partial charge in [0.05, 0.1) is 5.56 Å². The Morgan fingerprint density at radius 3 is 3.00 bits per heavy atom. The van der Waals surface area contributed by atoms with E-state index in [1.807, 2.05) is 23.1 Å². The molecule has 1 saturated heterocycles. The van der Waals surface area contributed by atoms with E-state index in [-0.39, 0.29) is 18.2 Å². The molecular formula is C17H19BrN2O3. The Morgan fingerprint density at radius 2 is 2.22 bits per heavy atom. The number of amides is 1. The van der Waals surface area contributed by atoms with Gasteiger partial charge in [-0.1, -0.05) is 22.0 Å². The lowest BCUT2D eigenvalue weighted by molar-refractivity contribution is -0.137. The molecule has 1 aliphatic rings. The third kappa shape index (κ3) is 3.42. The van der Waals surface area contributed by atoms with Crippen molar-refractivity contribution in [2.45, 2.75) is 25.7 Å². The average molecular weight is 379 g/mol. The average Bonchev–Trinajstić information content (AvgIpc) is 2.98. The Hall–Kier alpha value is -1.82. The van der Waals surface area contributed by atoms with Gasteiger partial charge in [-0.3, -0.25) is 9.59 Å². The maximum Gasteiger partial charge on any atom is 0.303 e. The van der Waals surface area contributed by atoms with Crippen molar-refractivity contribution in [2.75, 3.05) is 13.1 Å². The molecule has 6 heteroatoms. The molecule has 2 aromatic rings. The Kier molecular flexibility index (Phi) is 4.71. The summed E-state index contributed by atoms with van der Waals surface area (Å²) >= 11 is 3.52. The minimum Gasteiger partial charge on any atom is -0.481 e. The topological polar surface area (TPSA) is 73.4 Å². The zero-order chi connectivity index (χ0) is 16.4. The molecule has 3 rings (SSSR count).